The van der Waals surface area contributed by atoms with E-state index < -0.39 is 0 Å². The second-order valence-corrected chi connectivity index (χ2v) is 4.08. The molecule has 1 aromatic heterocycles. The molecule has 0 saturated heterocycles. The first-order valence-corrected chi connectivity index (χ1v) is 5.38. The van der Waals surface area contributed by atoms with Crippen molar-refractivity contribution in [3.8, 4) is 0 Å². The molecule has 2 aromatic rings. The Balaban J connectivity index is 2.26. The molecule has 0 unspecified atom stereocenters. The predicted octanol–water partition coefficient (Wildman–Crippen LogP) is 3.31. The fourth-order valence-electron chi connectivity index (χ4n) is 1.21. The Morgan fingerprint density at radius 2 is 2.06 bits per heavy atom. The van der Waals surface area contributed by atoms with E-state index >= 15 is 0 Å². The fraction of sp³-hybridized carbons (Fsp3) is 0. The summed E-state index contributed by atoms with van der Waals surface area (Å²) >= 11 is 3.32. The molecule has 0 atom stereocenters. The average molecular weight is 282 g/mol. The van der Waals surface area contributed by atoms with Gasteiger partial charge in [0.2, 0.25) is 0 Å². The fourth-order valence-corrected chi connectivity index (χ4v) is 1.56. The standard InChI is InChI=1S/C11H9BrFN3/c12-9-3-1-7(13)5-10(9)16-11-4-2-8(14)6-15-11/h1-6H,14H2,(H,15,16). The number of hydrogen-bond donors (Lipinski definition) is 2. The summed E-state index contributed by atoms with van der Waals surface area (Å²) in [6.45, 7) is 0. The van der Waals surface area contributed by atoms with Crippen LogP contribution in [0.25, 0.3) is 0 Å². The van der Waals surface area contributed by atoms with Gasteiger partial charge in [0.15, 0.2) is 0 Å². The molecule has 3 N–H and O–H groups in total. The molecule has 0 saturated carbocycles. The molecule has 82 valence electrons. The topological polar surface area (TPSA) is 50.9 Å². The number of benzene rings is 1. The highest BCUT2D eigenvalue weighted by molar-refractivity contribution is 9.10. The number of aromatic nitrogens is 1. The first-order valence-electron chi connectivity index (χ1n) is 4.59. The molecule has 0 aliphatic carbocycles. The van der Waals surface area contributed by atoms with Crippen LogP contribution in [0.15, 0.2) is 41.0 Å². The minimum absolute atomic E-state index is 0.304. The van der Waals surface area contributed by atoms with E-state index in [1.54, 1.807) is 18.2 Å². The van der Waals surface area contributed by atoms with Gasteiger partial charge in [-0.25, -0.2) is 9.37 Å². The summed E-state index contributed by atoms with van der Waals surface area (Å²) < 4.78 is 13.8. The Morgan fingerprint density at radius 3 is 2.75 bits per heavy atom. The van der Waals surface area contributed by atoms with Crippen LogP contribution >= 0.6 is 15.9 Å². The monoisotopic (exact) mass is 281 g/mol. The van der Waals surface area contributed by atoms with E-state index in [-0.39, 0.29) is 5.82 Å². The van der Waals surface area contributed by atoms with Crippen molar-refractivity contribution in [1.82, 2.24) is 4.98 Å². The van der Waals surface area contributed by atoms with Crippen molar-refractivity contribution in [3.05, 3.63) is 46.8 Å². The minimum Gasteiger partial charge on any atom is -0.397 e. The Kier molecular flexibility index (Phi) is 3.05. The highest BCUT2D eigenvalue weighted by atomic mass is 79.9. The van der Waals surface area contributed by atoms with E-state index in [9.17, 15) is 4.39 Å². The van der Waals surface area contributed by atoms with Crippen LogP contribution in [0.4, 0.5) is 21.6 Å². The van der Waals surface area contributed by atoms with Crippen LogP contribution < -0.4 is 11.1 Å². The van der Waals surface area contributed by atoms with Gasteiger partial charge in [0.1, 0.15) is 11.6 Å². The molecule has 0 aliphatic rings. The molecular formula is C11H9BrFN3. The van der Waals surface area contributed by atoms with Crippen molar-refractivity contribution in [1.29, 1.82) is 0 Å². The first kappa shape index (κ1) is 10.9. The number of rotatable bonds is 2. The van der Waals surface area contributed by atoms with Crippen molar-refractivity contribution in [2.24, 2.45) is 0 Å². The Bertz CT molecular complexity index is 499. The van der Waals surface area contributed by atoms with E-state index in [2.05, 4.69) is 26.2 Å². The number of hydrogen-bond acceptors (Lipinski definition) is 3. The van der Waals surface area contributed by atoms with Gasteiger partial charge in [-0.1, -0.05) is 0 Å². The van der Waals surface area contributed by atoms with Crippen LogP contribution in [-0.2, 0) is 0 Å². The van der Waals surface area contributed by atoms with Gasteiger partial charge in [-0.15, -0.1) is 0 Å². The van der Waals surface area contributed by atoms with Crippen LogP contribution in [0.3, 0.4) is 0 Å². The summed E-state index contributed by atoms with van der Waals surface area (Å²) in [6.07, 6.45) is 1.54. The molecule has 0 spiro atoms. The van der Waals surface area contributed by atoms with Crippen LogP contribution in [0.5, 0.6) is 0 Å². The third-order valence-electron chi connectivity index (χ3n) is 1.98. The molecule has 2 rings (SSSR count). The molecule has 1 heterocycles. The van der Waals surface area contributed by atoms with E-state index in [1.165, 1.54) is 18.3 Å². The maximum atomic E-state index is 13.0. The zero-order chi connectivity index (χ0) is 11.5. The summed E-state index contributed by atoms with van der Waals surface area (Å²) in [4.78, 5) is 4.06. The zero-order valence-corrected chi connectivity index (χ0v) is 9.83. The average Bonchev–Trinajstić information content (AvgIpc) is 2.27. The van der Waals surface area contributed by atoms with Gasteiger partial charge in [-0.2, -0.15) is 0 Å². The Morgan fingerprint density at radius 1 is 1.25 bits per heavy atom. The van der Waals surface area contributed by atoms with Crippen molar-refractivity contribution < 1.29 is 4.39 Å². The summed E-state index contributed by atoms with van der Waals surface area (Å²) in [5.41, 5.74) is 6.72. The molecule has 3 nitrogen and oxygen atoms in total. The van der Waals surface area contributed by atoms with E-state index in [0.717, 1.165) is 4.47 Å². The number of nitrogen functional groups attached to an aromatic ring is 1. The lowest BCUT2D eigenvalue weighted by atomic mass is 10.3. The molecule has 0 amide bonds. The highest BCUT2D eigenvalue weighted by Gasteiger charge is 2.02. The number of pyridine rings is 1. The van der Waals surface area contributed by atoms with Gasteiger partial charge in [0.05, 0.1) is 17.6 Å². The zero-order valence-electron chi connectivity index (χ0n) is 8.24. The minimum atomic E-state index is -0.304. The maximum absolute atomic E-state index is 13.0. The summed E-state index contributed by atoms with van der Waals surface area (Å²) in [6, 6.07) is 7.86. The van der Waals surface area contributed by atoms with Crippen LogP contribution in [0.2, 0.25) is 0 Å². The molecule has 0 radical (unpaired) electrons. The van der Waals surface area contributed by atoms with E-state index in [4.69, 9.17) is 5.73 Å². The summed E-state index contributed by atoms with van der Waals surface area (Å²) in [5, 5.41) is 2.99. The van der Waals surface area contributed by atoms with Gasteiger partial charge in [0.25, 0.3) is 0 Å². The smallest absolute Gasteiger partial charge is 0.130 e. The number of halogens is 2. The molecule has 0 fully saturated rings. The molecule has 1 aromatic carbocycles. The molecular weight excluding hydrogens is 273 g/mol. The molecule has 16 heavy (non-hydrogen) atoms. The second kappa shape index (κ2) is 4.49. The third-order valence-corrected chi connectivity index (χ3v) is 2.67. The summed E-state index contributed by atoms with van der Waals surface area (Å²) in [5.74, 6) is 0.307. The predicted molar refractivity (Wildman–Crippen MR) is 66.0 cm³/mol. The van der Waals surface area contributed by atoms with Crippen molar-refractivity contribution in [2.45, 2.75) is 0 Å². The molecule has 5 heteroatoms. The number of nitrogens with two attached hydrogens (primary N) is 1. The third kappa shape index (κ3) is 2.49. The quantitative estimate of drug-likeness (QED) is 0.888. The van der Waals surface area contributed by atoms with E-state index in [1.807, 2.05) is 0 Å². The van der Waals surface area contributed by atoms with Gasteiger partial charge < -0.3 is 11.1 Å². The van der Waals surface area contributed by atoms with Gasteiger partial charge in [0, 0.05) is 4.47 Å². The Hall–Kier alpha value is -1.62. The maximum Gasteiger partial charge on any atom is 0.130 e. The van der Waals surface area contributed by atoms with Crippen LogP contribution in [0, 0.1) is 5.82 Å². The largest absolute Gasteiger partial charge is 0.397 e. The van der Waals surface area contributed by atoms with Gasteiger partial charge >= 0.3 is 0 Å². The van der Waals surface area contributed by atoms with E-state index in [0.29, 0.717) is 17.2 Å². The highest BCUT2D eigenvalue weighted by Crippen LogP contribution is 2.25. The van der Waals surface area contributed by atoms with Crippen LogP contribution in [-0.4, -0.2) is 4.98 Å². The first-order chi connectivity index (χ1) is 7.65. The normalized spacial score (nSPS) is 10.1. The Labute approximate surface area is 101 Å². The number of anilines is 3. The van der Waals surface area contributed by atoms with Crippen molar-refractivity contribution >= 4 is 33.1 Å². The lowest BCUT2D eigenvalue weighted by Gasteiger charge is -2.07. The number of nitrogens with one attached hydrogen (secondary N) is 1. The number of nitrogens with zero attached hydrogens (tertiary/aromatic N) is 1. The summed E-state index contributed by atoms with van der Waals surface area (Å²) in [7, 11) is 0. The lowest BCUT2D eigenvalue weighted by molar-refractivity contribution is 0.628. The van der Waals surface area contributed by atoms with Crippen molar-refractivity contribution in [2.75, 3.05) is 11.1 Å². The molecule has 0 bridgehead atoms. The lowest BCUT2D eigenvalue weighted by Crippen LogP contribution is -1.95. The second-order valence-electron chi connectivity index (χ2n) is 3.23. The van der Waals surface area contributed by atoms with Gasteiger partial charge in [-0.3, -0.25) is 0 Å². The van der Waals surface area contributed by atoms with Gasteiger partial charge in [-0.05, 0) is 46.3 Å². The van der Waals surface area contributed by atoms with Crippen molar-refractivity contribution in [3.63, 3.8) is 0 Å². The molecule has 0 aliphatic heterocycles. The SMILES string of the molecule is Nc1ccc(Nc2cc(F)ccc2Br)nc1. The van der Waals surface area contributed by atoms with Crippen LogP contribution in [0.1, 0.15) is 0 Å².